The Morgan fingerprint density at radius 3 is 0.273 bits per heavy atom. The van der Waals surface area contributed by atoms with E-state index in [2.05, 4.69) is 0 Å². The molecule has 0 aliphatic rings. The van der Waals surface area contributed by atoms with Crippen LogP contribution in [0.2, 0.25) is 0 Å². The Balaban J connectivity index is -0.0000000676. The summed E-state index contributed by atoms with van der Waals surface area (Å²) in [6.45, 7) is 12.9. The number of carbonyl (C=O) groups is 16. The van der Waals surface area contributed by atoms with Crippen molar-refractivity contribution in [3.8, 4) is 0 Å². The van der Waals surface area contributed by atoms with E-state index in [0.29, 0.717) is 0 Å². The third kappa shape index (κ3) is 107. The van der Waals surface area contributed by atoms with E-state index in [-0.39, 0.29) is 141 Å². The minimum atomic E-state index is -1.29. The largest absolute Gasteiger partial charge is 4.00 e. The van der Waals surface area contributed by atoms with E-state index in [4.69, 9.17) is 0 Å². The van der Waals surface area contributed by atoms with Gasteiger partial charge in [-0.25, -0.2) is 0 Å². The molecular formula is C40H56O24Ti2. The van der Waals surface area contributed by atoms with Gasteiger partial charge in [0.2, 0.25) is 0 Å². The molecule has 0 N–H and O–H groups in total. The first-order chi connectivity index (χ1) is 29.3. The van der Waals surface area contributed by atoms with E-state index in [1.165, 1.54) is 0 Å². The van der Waals surface area contributed by atoms with Crippen molar-refractivity contribution in [1.29, 1.82) is 0 Å². The van der Waals surface area contributed by atoms with Gasteiger partial charge >= 0.3 is 43.4 Å². The molecule has 0 aromatic rings. The molecule has 26 heteroatoms. The Kier molecular flexibility index (Phi) is 75.8. The fourth-order valence-electron chi connectivity index (χ4n) is 2.29. The summed E-state index contributed by atoms with van der Waals surface area (Å²) < 4.78 is 0. The third-order valence-corrected chi connectivity index (χ3v) is 5.89. The smallest absolute Gasteiger partial charge is 0.550 e. The monoisotopic (exact) mass is 1020 g/mol. The normalized spacial score (nSPS) is 8.36. The molecule has 0 fully saturated rings. The van der Waals surface area contributed by atoms with E-state index in [1.54, 1.807) is 55.4 Å². The zero-order valence-electron chi connectivity index (χ0n) is 38.1. The van der Waals surface area contributed by atoms with Gasteiger partial charge in [-0.2, -0.15) is 0 Å². The molecule has 0 rings (SSSR count). The Hall–Kier alpha value is -5.45. The van der Waals surface area contributed by atoms with Gasteiger partial charge in [0.15, 0.2) is 0 Å². The average Bonchev–Trinajstić information content (AvgIpc) is 3.17. The van der Waals surface area contributed by atoms with Crippen molar-refractivity contribution in [2.24, 2.45) is 0 Å². The molecule has 0 aromatic heterocycles. The van der Waals surface area contributed by atoms with Crippen LogP contribution in [0.25, 0.3) is 0 Å². The molecular weight excluding hydrogens is 960 g/mol. The van der Waals surface area contributed by atoms with Crippen LogP contribution in [-0.2, 0) is 120 Å². The number of carbonyl (C=O) groups excluding carboxylic acids is 16. The van der Waals surface area contributed by atoms with Crippen LogP contribution in [0, 0.1) is 0 Å². The summed E-state index contributed by atoms with van der Waals surface area (Å²) in [5.41, 5.74) is 0. The van der Waals surface area contributed by atoms with Gasteiger partial charge in [0.05, 0.1) is 0 Å². The molecule has 0 saturated carbocycles. The van der Waals surface area contributed by atoms with Crippen LogP contribution in [0.4, 0.5) is 0 Å². The summed E-state index contributed by atoms with van der Waals surface area (Å²) in [7, 11) is 0. The van der Waals surface area contributed by atoms with Gasteiger partial charge in [-0.1, -0.05) is 55.4 Å². The van der Waals surface area contributed by atoms with E-state index >= 15 is 0 Å². The summed E-state index contributed by atoms with van der Waals surface area (Å²) >= 11 is 0. The molecule has 0 heterocycles. The molecule has 0 bridgehead atoms. The second-order valence-electron chi connectivity index (χ2n) is 11.5. The van der Waals surface area contributed by atoms with E-state index < -0.39 is 99.1 Å². The van der Waals surface area contributed by atoms with Gasteiger partial charge in [0, 0.05) is 150 Å². The molecule has 0 radical (unpaired) electrons. The molecule has 368 valence electrons. The third-order valence-electron chi connectivity index (χ3n) is 5.89. The molecule has 0 aliphatic carbocycles. The summed E-state index contributed by atoms with van der Waals surface area (Å²) in [5, 5.41) is 77.1. The number of rotatable bonds is 24. The van der Waals surface area contributed by atoms with Crippen LogP contribution in [0.5, 0.6) is 0 Å². The van der Waals surface area contributed by atoms with Crippen molar-refractivity contribution in [1.82, 2.24) is 0 Å². The summed E-state index contributed by atoms with van der Waals surface area (Å²) in [4.78, 5) is 159. The molecule has 0 amide bonds. The average molecular weight is 1020 g/mol. The fourth-order valence-corrected chi connectivity index (χ4v) is 2.29. The van der Waals surface area contributed by atoms with Gasteiger partial charge in [-0.05, 0) is 0 Å². The first kappa shape index (κ1) is 84.0. The van der Waals surface area contributed by atoms with Crippen LogP contribution in [-0.4, -0.2) is 94.0 Å². The molecule has 0 aromatic carbocycles. The van der Waals surface area contributed by atoms with Crippen molar-refractivity contribution in [3.05, 3.63) is 0 Å². The van der Waals surface area contributed by atoms with Gasteiger partial charge in [0.25, 0.3) is 0 Å². The predicted octanol–water partition coefficient (Wildman–Crippen LogP) is -7.16. The molecule has 0 spiro atoms. The van der Waals surface area contributed by atoms with Crippen molar-refractivity contribution >= 4 is 94.0 Å². The van der Waals surface area contributed by atoms with Crippen molar-refractivity contribution in [2.45, 2.75) is 158 Å². The van der Waals surface area contributed by atoms with Crippen LogP contribution in [0.3, 0.4) is 0 Å². The maximum Gasteiger partial charge on any atom is 4.00 e. The zero-order chi connectivity index (χ0) is 52.6. The number of hydrogen-bond acceptors (Lipinski definition) is 24. The molecule has 66 heavy (non-hydrogen) atoms. The molecule has 0 unspecified atom stereocenters. The molecule has 0 saturated heterocycles. The maximum atomic E-state index is 10.2. The molecule has 0 aliphatic heterocycles. The predicted molar refractivity (Wildman–Crippen MR) is 199 cm³/mol. The number of Topliss-reactive ketones (excluding diaryl/α,β-unsaturated/α-hetero) is 8. The van der Waals surface area contributed by atoms with Crippen molar-refractivity contribution in [3.63, 3.8) is 0 Å². The summed E-state index contributed by atoms with van der Waals surface area (Å²) in [5.74, 6) is -12.7. The van der Waals surface area contributed by atoms with Gasteiger partial charge in [-0.3, -0.25) is 38.4 Å². The molecule has 24 nitrogen and oxygen atoms in total. The number of hydrogen-bond donors (Lipinski definition) is 0. The Bertz CT molecular complexity index is 1200. The maximum absolute atomic E-state index is 10.2. The minimum absolute atomic E-state index is 0. The van der Waals surface area contributed by atoms with E-state index in [0.717, 1.165) is 0 Å². The van der Waals surface area contributed by atoms with Crippen LogP contribution in [0.1, 0.15) is 158 Å². The first-order valence-corrected chi connectivity index (χ1v) is 19.0. The Labute approximate surface area is 411 Å². The SMILES string of the molecule is CCC(=O)CC(=O)[O-].CCC(=O)CC(=O)[O-].CCC(=O)CC(=O)[O-].CCC(=O)CC(=O)[O-].CCC(=O)CC(=O)[O-].CCC(=O)CC(=O)[O-].CCC(=O)CC(=O)[O-].CCC(=O)CC(=O)[O-].[Ti+4].[Ti+4]. The summed E-state index contributed by atoms with van der Waals surface area (Å²) in [6, 6.07) is 0. The number of aliphatic carboxylic acids is 8. The second-order valence-corrected chi connectivity index (χ2v) is 11.5. The van der Waals surface area contributed by atoms with Crippen LogP contribution >= 0.6 is 0 Å². The number of carboxylic acid groups (broad SMARTS) is 8. The first-order valence-electron chi connectivity index (χ1n) is 19.0. The van der Waals surface area contributed by atoms with Crippen LogP contribution in [0.15, 0.2) is 0 Å². The van der Waals surface area contributed by atoms with Gasteiger partial charge in [0.1, 0.15) is 46.3 Å². The Morgan fingerprint density at radius 2 is 0.258 bits per heavy atom. The van der Waals surface area contributed by atoms with E-state index in [9.17, 15) is 118 Å². The van der Waals surface area contributed by atoms with Gasteiger partial charge < -0.3 is 79.2 Å². The number of carboxylic acids is 8. The zero-order valence-corrected chi connectivity index (χ0v) is 41.2. The van der Waals surface area contributed by atoms with Crippen molar-refractivity contribution in [2.75, 3.05) is 0 Å². The molecule has 0 atom stereocenters. The fraction of sp³-hybridized carbons (Fsp3) is 0.600. The van der Waals surface area contributed by atoms with E-state index in [1.807, 2.05) is 0 Å². The minimum Gasteiger partial charge on any atom is -0.550 e. The van der Waals surface area contributed by atoms with Crippen LogP contribution < -0.4 is 40.9 Å². The van der Waals surface area contributed by atoms with Gasteiger partial charge in [-0.15, -0.1) is 0 Å². The Morgan fingerprint density at radius 1 is 0.197 bits per heavy atom. The number of ketones is 8. The van der Waals surface area contributed by atoms with Crippen molar-refractivity contribution < 1.29 is 161 Å². The standard InChI is InChI=1S/8C5H8O3.2Ti/c8*1-2-4(6)3-5(7)8;;/h8*2-3H2,1H3,(H,7,8);;/q;;;;;;;;2*+4/p-8. The second kappa shape index (κ2) is 59.5. The summed E-state index contributed by atoms with van der Waals surface area (Å²) in [6.07, 6.45) is -1.41. The topological polar surface area (TPSA) is 458 Å². The quantitative estimate of drug-likeness (QED) is 0.0640.